The van der Waals surface area contributed by atoms with E-state index < -0.39 is 38.5 Å². The lowest BCUT2D eigenvalue weighted by Gasteiger charge is -2.19. The number of hydrogen-bond acceptors (Lipinski definition) is 7. The van der Waals surface area contributed by atoms with E-state index in [9.17, 15) is 14.8 Å². The Balaban J connectivity index is 1.57. The molecule has 1 aliphatic rings. The van der Waals surface area contributed by atoms with Crippen LogP contribution in [0.25, 0.3) is 11.0 Å². The van der Waals surface area contributed by atoms with Gasteiger partial charge in [-0.2, -0.15) is 0 Å². The number of anilines is 1. The number of ether oxygens (including phenoxy) is 2. The second-order valence-electron chi connectivity index (χ2n) is 7.94. The highest BCUT2D eigenvalue weighted by molar-refractivity contribution is 7.51. The summed E-state index contributed by atoms with van der Waals surface area (Å²) in [6.45, 7) is 1.73. The van der Waals surface area contributed by atoms with Gasteiger partial charge in [-0.3, -0.25) is 4.57 Å². The van der Waals surface area contributed by atoms with Crippen LogP contribution >= 0.6 is 19.2 Å². The van der Waals surface area contributed by atoms with Gasteiger partial charge < -0.3 is 39.4 Å². The summed E-state index contributed by atoms with van der Waals surface area (Å²) in [6.07, 6.45) is -3.75. The zero-order valence-corrected chi connectivity index (χ0v) is 19.3. The molecule has 1 fully saturated rings. The van der Waals surface area contributed by atoms with Crippen LogP contribution in [-0.2, 0) is 14.0 Å². The first-order chi connectivity index (χ1) is 15.6. The minimum atomic E-state index is -4.36. The first-order valence-corrected chi connectivity index (χ1v) is 12.4. The van der Waals surface area contributed by atoms with Crippen LogP contribution in [0.3, 0.4) is 0 Å². The number of nitrogens with one attached hydrogen (secondary N) is 1. The Bertz CT molecular complexity index is 1160. The van der Waals surface area contributed by atoms with Crippen LogP contribution in [0.5, 0.6) is 0 Å². The number of halogens is 1. The van der Waals surface area contributed by atoms with Crippen LogP contribution in [0.15, 0.2) is 48.7 Å². The quantitative estimate of drug-likeness (QED) is 0.234. The average molecular weight is 498 g/mol. The van der Waals surface area contributed by atoms with Gasteiger partial charge in [0.15, 0.2) is 6.23 Å². The number of fused-ring (bicyclic) bond motifs is 1. The molecular formula is C21H25ClN3O7P. The number of benzene rings is 1. The minimum absolute atomic E-state index is 0.0121. The number of nitrogens with zero attached hydrogens (tertiary/aromatic N) is 2. The largest absolute Gasteiger partial charge is 0.387 e. The third-order valence-electron chi connectivity index (χ3n) is 5.48. The third-order valence-corrected chi connectivity index (χ3v) is 6.19. The smallest absolute Gasteiger partial charge is 0.350 e. The Hall–Kier alpha value is -2.01. The summed E-state index contributed by atoms with van der Waals surface area (Å²) in [6, 6.07) is 13.4. The van der Waals surface area contributed by atoms with Crippen molar-refractivity contribution < 1.29 is 34.0 Å². The summed E-state index contributed by atoms with van der Waals surface area (Å²) in [7, 11) is -4.36. The molecule has 0 saturated carbocycles. The predicted octanol–water partition coefficient (Wildman–Crippen LogP) is 2.63. The number of rotatable bonds is 8. The molecule has 178 valence electrons. The van der Waals surface area contributed by atoms with Crippen molar-refractivity contribution in [3.05, 3.63) is 59.4 Å². The first-order valence-electron chi connectivity index (χ1n) is 10.3. The fourth-order valence-corrected chi connectivity index (χ4v) is 4.40. The van der Waals surface area contributed by atoms with Crippen molar-refractivity contribution in [1.82, 2.24) is 9.55 Å². The van der Waals surface area contributed by atoms with Gasteiger partial charge in [0.25, 0.3) is 0 Å². The molecule has 4 rings (SSSR count). The topological polar surface area (TPSA) is 146 Å². The zero-order chi connectivity index (χ0) is 23.8. The van der Waals surface area contributed by atoms with E-state index in [1.807, 2.05) is 37.3 Å². The van der Waals surface area contributed by atoms with Crippen LogP contribution in [0.1, 0.15) is 24.8 Å². The van der Waals surface area contributed by atoms with Crippen molar-refractivity contribution in [3.8, 4) is 0 Å². The van der Waals surface area contributed by atoms with Crippen molar-refractivity contribution >= 4 is 35.9 Å². The summed E-state index contributed by atoms with van der Waals surface area (Å²) in [5.74, 6) is 0. The summed E-state index contributed by atoms with van der Waals surface area (Å²) >= 11 is 6.28. The van der Waals surface area contributed by atoms with Crippen LogP contribution in [0.2, 0.25) is 5.15 Å². The highest BCUT2D eigenvalue weighted by atomic mass is 35.5. The minimum Gasteiger partial charge on any atom is -0.387 e. The Morgan fingerprint density at radius 3 is 2.67 bits per heavy atom. The van der Waals surface area contributed by atoms with E-state index in [2.05, 4.69) is 10.3 Å². The maximum Gasteiger partial charge on any atom is 0.350 e. The third kappa shape index (κ3) is 5.40. The molecule has 5 N–H and O–H groups in total. The van der Waals surface area contributed by atoms with Gasteiger partial charge in [-0.15, -0.1) is 0 Å². The second kappa shape index (κ2) is 9.69. The van der Waals surface area contributed by atoms with Gasteiger partial charge in [0.1, 0.15) is 35.5 Å². The predicted molar refractivity (Wildman–Crippen MR) is 122 cm³/mol. The van der Waals surface area contributed by atoms with E-state index in [1.165, 1.54) is 0 Å². The van der Waals surface area contributed by atoms with Crippen molar-refractivity contribution in [1.29, 1.82) is 0 Å². The average Bonchev–Trinajstić information content (AvgIpc) is 3.29. The van der Waals surface area contributed by atoms with E-state index in [0.29, 0.717) is 5.65 Å². The summed E-state index contributed by atoms with van der Waals surface area (Å²) < 4.78 is 23.3. The Labute approximate surface area is 194 Å². The fraction of sp³-hybridized carbons (Fsp3) is 0.381. The lowest BCUT2D eigenvalue weighted by Crippen LogP contribution is -2.33. The molecule has 0 bridgehead atoms. The van der Waals surface area contributed by atoms with Crippen LogP contribution in [0, 0.1) is 0 Å². The molecule has 0 unspecified atom stereocenters. The number of aromatic nitrogens is 2. The molecule has 3 aromatic rings. The lowest BCUT2D eigenvalue weighted by atomic mass is 10.1. The van der Waals surface area contributed by atoms with Gasteiger partial charge in [0.05, 0.1) is 6.61 Å². The molecule has 0 radical (unpaired) electrons. The molecule has 12 heteroatoms. The molecule has 0 amide bonds. The Morgan fingerprint density at radius 1 is 1.24 bits per heavy atom. The van der Waals surface area contributed by atoms with Gasteiger partial charge >= 0.3 is 7.60 Å². The van der Waals surface area contributed by atoms with E-state index in [0.717, 1.165) is 16.6 Å². The van der Waals surface area contributed by atoms with Gasteiger partial charge in [-0.25, -0.2) is 4.98 Å². The molecular weight excluding hydrogens is 473 g/mol. The second-order valence-corrected chi connectivity index (χ2v) is 9.92. The molecule has 0 spiro atoms. The molecule has 2 aromatic heterocycles. The van der Waals surface area contributed by atoms with Gasteiger partial charge in [0.2, 0.25) is 0 Å². The molecule has 5 atom stereocenters. The first kappa shape index (κ1) is 24.1. The van der Waals surface area contributed by atoms with Crippen LogP contribution in [-0.4, -0.2) is 60.8 Å². The maximum atomic E-state index is 11.0. The molecule has 0 aliphatic carbocycles. The number of pyridine rings is 1. The Kier molecular flexibility index (Phi) is 7.09. The molecule has 33 heavy (non-hydrogen) atoms. The van der Waals surface area contributed by atoms with Crippen LogP contribution in [0.4, 0.5) is 5.69 Å². The zero-order valence-electron chi connectivity index (χ0n) is 17.7. The standard InChI is InChI=1S/C21H25ClN3O7P/c1-12(13-5-3-2-4-6-13)23-15-9-17(22)24-20-14(15)7-8-25(20)21-19(27)18(26)16(32-21)10-31-11-33(28,29)30/h2-9,12,16,18-19,21,26-27H,10-11H2,1H3,(H,23,24)(H2,28,29,30)/t12-,16-,18-,19-,21-/m1/s1. The number of aliphatic hydroxyl groups excluding tert-OH is 2. The molecule has 1 saturated heterocycles. The monoisotopic (exact) mass is 497 g/mol. The van der Waals surface area contributed by atoms with Crippen molar-refractivity contribution in [3.63, 3.8) is 0 Å². The highest BCUT2D eigenvalue weighted by Crippen LogP contribution is 2.37. The van der Waals surface area contributed by atoms with Crippen molar-refractivity contribution in [2.75, 3.05) is 18.3 Å². The van der Waals surface area contributed by atoms with Crippen molar-refractivity contribution in [2.45, 2.75) is 37.5 Å². The van der Waals surface area contributed by atoms with E-state index in [-0.39, 0.29) is 17.8 Å². The van der Waals surface area contributed by atoms with Gasteiger partial charge in [-0.05, 0) is 24.6 Å². The summed E-state index contributed by atoms with van der Waals surface area (Å²) in [5, 5.41) is 25.3. The van der Waals surface area contributed by atoms with Crippen molar-refractivity contribution in [2.24, 2.45) is 0 Å². The SMILES string of the molecule is C[C@@H](Nc1cc(Cl)nc2c1ccn2[C@@H]1O[C@H](COCP(=O)(O)O)[C@@H](O)[C@H]1O)c1ccccc1. The maximum absolute atomic E-state index is 11.0. The lowest BCUT2D eigenvalue weighted by molar-refractivity contribution is -0.0610. The summed E-state index contributed by atoms with van der Waals surface area (Å²) in [5.41, 5.74) is 2.28. The molecule has 1 aromatic carbocycles. The molecule has 1 aliphatic heterocycles. The van der Waals surface area contributed by atoms with Crippen LogP contribution < -0.4 is 5.32 Å². The fourth-order valence-electron chi connectivity index (χ4n) is 3.87. The van der Waals surface area contributed by atoms with E-state index >= 15 is 0 Å². The number of hydrogen-bond donors (Lipinski definition) is 5. The summed E-state index contributed by atoms with van der Waals surface area (Å²) in [4.78, 5) is 22.2. The molecule has 3 heterocycles. The molecule has 10 nitrogen and oxygen atoms in total. The van der Waals surface area contributed by atoms with E-state index in [4.69, 9.17) is 30.9 Å². The highest BCUT2D eigenvalue weighted by Gasteiger charge is 2.44. The normalized spacial score (nSPS) is 24.3. The van der Waals surface area contributed by atoms with Gasteiger partial charge in [0, 0.05) is 23.3 Å². The number of aliphatic hydroxyl groups is 2. The van der Waals surface area contributed by atoms with E-state index in [1.54, 1.807) is 22.9 Å². The Morgan fingerprint density at radius 2 is 1.97 bits per heavy atom. The van der Waals surface area contributed by atoms with Gasteiger partial charge in [-0.1, -0.05) is 41.9 Å².